The van der Waals surface area contributed by atoms with Gasteiger partial charge in [0.15, 0.2) is 0 Å². The van der Waals surface area contributed by atoms with E-state index in [9.17, 15) is 32.7 Å². The van der Waals surface area contributed by atoms with Gasteiger partial charge < -0.3 is 30.1 Å². The Hall–Kier alpha value is -4.11. The fourth-order valence-electron chi connectivity index (χ4n) is 7.37. The van der Waals surface area contributed by atoms with E-state index in [0.29, 0.717) is 41.5 Å². The van der Waals surface area contributed by atoms with Crippen LogP contribution in [0, 0.1) is 17.8 Å². The summed E-state index contributed by atoms with van der Waals surface area (Å²) in [4.78, 5) is 60.3. The quantitative estimate of drug-likeness (QED) is 0.284. The number of carboxylic acid groups (broad SMARTS) is 1. The molecule has 1 aromatic carbocycles. The highest BCUT2D eigenvalue weighted by Crippen LogP contribution is 2.46. The van der Waals surface area contributed by atoms with Crippen LogP contribution in [0.3, 0.4) is 0 Å². The van der Waals surface area contributed by atoms with Gasteiger partial charge in [-0.1, -0.05) is 43.7 Å². The lowest BCUT2D eigenvalue weighted by atomic mass is 9.88. The first-order valence-corrected chi connectivity index (χ1v) is 19.8. The smallest absolute Gasteiger partial charge is 0.405 e. The molecule has 4 amide bonds. The van der Waals surface area contributed by atoms with E-state index in [1.165, 1.54) is 4.90 Å². The molecule has 7 atom stereocenters. The number of pyridine rings is 1. The lowest BCUT2D eigenvalue weighted by Gasteiger charge is -2.32. The van der Waals surface area contributed by atoms with E-state index in [2.05, 4.69) is 20.3 Å². The molecule has 16 heteroatoms. The van der Waals surface area contributed by atoms with Crippen LogP contribution in [0.25, 0.3) is 10.8 Å². The second-order valence-corrected chi connectivity index (χ2v) is 17.3. The van der Waals surface area contributed by atoms with E-state index in [1.54, 1.807) is 31.2 Å². The minimum absolute atomic E-state index is 0.0280. The zero-order valence-electron chi connectivity index (χ0n) is 29.6. The molecule has 2 aromatic rings. The number of carbonyl (C=O) groups is 4. The maximum atomic E-state index is 14.4. The average Bonchev–Trinajstić information content (AvgIpc) is 3.98. The van der Waals surface area contributed by atoms with Gasteiger partial charge in [0, 0.05) is 34.2 Å². The normalized spacial score (nSPS) is 30.3. The van der Waals surface area contributed by atoms with E-state index >= 15 is 0 Å². The highest BCUT2D eigenvalue weighted by molar-refractivity contribution is 7.91. The summed E-state index contributed by atoms with van der Waals surface area (Å²) in [6, 6.07) is 4.59. The third kappa shape index (κ3) is 8.09. The molecule has 4 N–H and O–H groups in total. The van der Waals surface area contributed by atoms with Crippen molar-refractivity contribution in [2.75, 3.05) is 6.54 Å². The van der Waals surface area contributed by atoms with E-state index in [1.807, 2.05) is 32.9 Å². The van der Waals surface area contributed by atoms with Gasteiger partial charge >= 0.3 is 6.09 Å². The second-order valence-electron chi connectivity index (χ2n) is 14.9. The summed E-state index contributed by atoms with van der Waals surface area (Å²) < 4.78 is 40.1. The van der Waals surface area contributed by atoms with Crippen LogP contribution in [0.1, 0.15) is 72.6 Å². The Bertz CT molecular complexity index is 1890. The number of amides is 4. The molecule has 1 saturated heterocycles. The van der Waals surface area contributed by atoms with Crippen LogP contribution in [0.15, 0.2) is 36.4 Å². The number of nitrogens with zero attached hydrogens (tertiary/aromatic N) is 2. The number of fused-ring (bicyclic) bond motifs is 3. The topological polar surface area (TPSA) is 193 Å². The predicted molar refractivity (Wildman–Crippen MR) is 192 cm³/mol. The van der Waals surface area contributed by atoms with Crippen LogP contribution in [0.4, 0.5) is 4.79 Å². The lowest BCUT2D eigenvalue weighted by Crippen LogP contribution is -2.59. The summed E-state index contributed by atoms with van der Waals surface area (Å²) in [5.41, 5.74) is -1.54. The van der Waals surface area contributed by atoms with Gasteiger partial charge in [0.25, 0.3) is 5.91 Å². The Morgan fingerprint density at radius 2 is 1.88 bits per heavy atom. The monoisotopic (exact) mass is 759 g/mol. The van der Waals surface area contributed by atoms with Gasteiger partial charge in [0.1, 0.15) is 23.7 Å². The molecule has 14 nitrogen and oxygen atoms in total. The first-order valence-electron chi connectivity index (χ1n) is 17.8. The Morgan fingerprint density at radius 3 is 2.58 bits per heavy atom. The van der Waals surface area contributed by atoms with Crippen molar-refractivity contribution in [3.05, 3.63) is 41.4 Å². The SMILES string of the molecule is CC(C)Oc1cc2c(Cl)cccc2c(O[C@@H]2C[C@H]3C(=O)N[C@]4(C(=O)NS(=O)(=O)C5CC5)CC4/C=C\CC[C@@H](C)C[C@@H](C)[C@H](NC(=O)O)C(=O)N3C2)n1. The minimum Gasteiger partial charge on any atom is -0.475 e. The Morgan fingerprint density at radius 1 is 1.13 bits per heavy atom. The van der Waals surface area contributed by atoms with Crippen LogP contribution < -0.4 is 24.8 Å². The maximum absolute atomic E-state index is 14.4. The lowest BCUT2D eigenvalue weighted by molar-refractivity contribution is -0.142. The van der Waals surface area contributed by atoms with E-state index in [4.69, 9.17) is 21.1 Å². The fourth-order valence-corrected chi connectivity index (χ4v) is 8.96. The first-order chi connectivity index (χ1) is 24.6. The van der Waals surface area contributed by atoms with Crippen molar-refractivity contribution < 1.29 is 42.2 Å². The summed E-state index contributed by atoms with van der Waals surface area (Å²) in [5, 5.41) is 16.0. The zero-order valence-corrected chi connectivity index (χ0v) is 31.2. The maximum Gasteiger partial charge on any atom is 0.405 e. The largest absolute Gasteiger partial charge is 0.475 e. The standard InChI is InChI=1S/C36H46ClN5O9S/c1-19(2)50-29-16-26-25(10-7-11-27(26)37)32(38-29)51-23-15-28-31(43)40-36(34(45)41-52(48,49)24-12-13-24)17-22(36)9-6-5-8-20(3)14-21(4)30(39-35(46)47)33(44)42(28)18-23/h6-7,9-11,16,19-24,28,30,39H,5,8,12-15,17-18H2,1-4H3,(H,40,43)(H,41,45)(H,46,47)/b9-6-/t20-,21-,22?,23-,28+,30+,36-/m1/s1. The van der Waals surface area contributed by atoms with Gasteiger partial charge in [0.2, 0.25) is 33.6 Å². The highest BCUT2D eigenvalue weighted by Gasteiger charge is 2.62. The van der Waals surface area contributed by atoms with Gasteiger partial charge in [-0.25, -0.2) is 13.2 Å². The molecular formula is C36H46ClN5O9S. The summed E-state index contributed by atoms with van der Waals surface area (Å²) in [7, 11) is -3.91. The molecule has 0 bridgehead atoms. The summed E-state index contributed by atoms with van der Waals surface area (Å²) in [6.07, 6.45) is 4.35. The van der Waals surface area contributed by atoms with Gasteiger partial charge in [-0.05, 0) is 76.3 Å². The predicted octanol–water partition coefficient (Wildman–Crippen LogP) is 4.16. The third-order valence-electron chi connectivity index (χ3n) is 10.3. The number of sulfonamides is 1. The van der Waals surface area contributed by atoms with Crippen molar-refractivity contribution in [1.29, 1.82) is 0 Å². The Kier molecular flexibility index (Phi) is 10.7. The molecule has 2 aliphatic carbocycles. The van der Waals surface area contributed by atoms with Crippen molar-refractivity contribution in [2.24, 2.45) is 17.8 Å². The van der Waals surface area contributed by atoms with Gasteiger partial charge in [0.05, 0.1) is 17.9 Å². The number of carbonyl (C=O) groups excluding carboxylic acids is 3. The highest BCUT2D eigenvalue weighted by atomic mass is 35.5. The number of benzene rings is 1. The summed E-state index contributed by atoms with van der Waals surface area (Å²) in [5.74, 6) is -2.45. The number of nitrogens with one attached hydrogen (secondary N) is 3. The molecule has 1 unspecified atom stereocenters. The minimum atomic E-state index is -3.91. The number of hydrogen-bond acceptors (Lipinski definition) is 9. The number of ether oxygens (including phenoxy) is 2. The molecule has 0 spiro atoms. The molecular weight excluding hydrogens is 714 g/mol. The van der Waals surface area contributed by atoms with E-state index in [0.717, 1.165) is 6.42 Å². The molecule has 2 saturated carbocycles. The van der Waals surface area contributed by atoms with Crippen LogP contribution in [-0.4, -0.2) is 88.8 Å². The third-order valence-corrected chi connectivity index (χ3v) is 12.4. The van der Waals surface area contributed by atoms with Crippen LogP contribution in [0.5, 0.6) is 11.8 Å². The Balaban J connectivity index is 1.36. The molecule has 3 fully saturated rings. The molecule has 6 rings (SSSR count). The summed E-state index contributed by atoms with van der Waals surface area (Å²) in [6.45, 7) is 7.43. The number of aromatic nitrogens is 1. The first kappa shape index (κ1) is 37.6. The van der Waals surface area contributed by atoms with E-state index in [-0.39, 0.29) is 43.2 Å². The zero-order chi connectivity index (χ0) is 37.5. The molecule has 52 heavy (non-hydrogen) atoms. The fraction of sp³-hybridized carbons (Fsp3) is 0.583. The molecule has 0 radical (unpaired) electrons. The summed E-state index contributed by atoms with van der Waals surface area (Å²) >= 11 is 6.54. The number of halogens is 1. The van der Waals surface area contributed by atoms with Crippen molar-refractivity contribution in [3.8, 4) is 11.8 Å². The second kappa shape index (κ2) is 14.7. The molecule has 2 aliphatic heterocycles. The van der Waals surface area contributed by atoms with Crippen LogP contribution >= 0.6 is 11.6 Å². The van der Waals surface area contributed by atoms with Crippen molar-refractivity contribution in [2.45, 2.75) is 108 Å². The van der Waals surface area contributed by atoms with Crippen molar-refractivity contribution in [3.63, 3.8) is 0 Å². The van der Waals surface area contributed by atoms with Crippen molar-refractivity contribution >= 4 is 56.2 Å². The average molecular weight is 760 g/mol. The molecule has 1 aromatic heterocycles. The van der Waals surface area contributed by atoms with Gasteiger partial charge in [-0.3, -0.25) is 19.1 Å². The Labute approximate surface area is 308 Å². The van der Waals surface area contributed by atoms with Crippen LogP contribution in [-0.2, 0) is 24.4 Å². The molecule has 3 heterocycles. The van der Waals surface area contributed by atoms with Gasteiger partial charge in [-0.2, -0.15) is 4.98 Å². The molecule has 4 aliphatic rings. The number of hydrogen-bond donors (Lipinski definition) is 4. The van der Waals surface area contributed by atoms with Crippen LogP contribution in [0.2, 0.25) is 5.02 Å². The number of rotatable bonds is 8. The number of allylic oxidation sites excluding steroid dienone is 1. The van der Waals surface area contributed by atoms with Crippen molar-refractivity contribution in [1.82, 2.24) is 25.2 Å². The van der Waals surface area contributed by atoms with E-state index < -0.39 is 74.7 Å². The molecule has 282 valence electrons. The van der Waals surface area contributed by atoms with Gasteiger partial charge in [-0.15, -0.1) is 0 Å².